The van der Waals surface area contributed by atoms with E-state index in [1.807, 2.05) is 6.92 Å². The summed E-state index contributed by atoms with van der Waals surface area (Å²) in [5.74, 6) is 0. The second-order valence-corrected chi connectivity index (χ2v) is 5.13. The van der Waals surface area contributed by atoms with E-state index in [0.29, 0.717) is 0 Å². The first-order valence-corrected chi connectivity index (χ1v) is 7.62. The summed E-state index contributed by atoms with van der Waals surface area (Å²) in [4.78, 5) is 2.28. The summed E-state index contributed by atoms with van der Waals surface area (Å²) in [7, 11) is 4.31. The van der Waals surface area contributed by atoms with Gasteiger partial charge in [-0.3, -0.25) is 0 Å². The van der Waals surface area contributed by atoms with Gasteiger partial charge < -0.3 is 4.90 Å². The molecule has 17 heavy (non-hydrogen) atoms. The molecule has 0 bridgehead atoms. The lowest BCUT2D eigenvalue weighted by Gasteiger charge is -2.08. The monoisotopic (exact) mass is 242 g/mol. The van der Waals surface area contributed by atoms with Crippen molar-refractivity contribution in [3.8, 4) is 0 Å². The summed E-state index contributed by atoms with van der Waals surface area (Å²) in [5.41, 5.74) is 0. The van der Waals surface area contributed by atoms with Crippen molar-refractivity contribution in [3.63, 3.8) is 0 Å². The fourth-order valence-corrected chi connectivity index (χ4v) is 1.74. The zero-order valence-corrected chi connectivity index (χ0v) is 12.9. The van der Waals surface area contributed by atoms with Gasteiger partial charge in [0.2, 0.25) is 0 Å². The summed E-state index contributed by atoms with van der Waals surface area (Å²) < 4.78 is 0. The predicted octanol–water partition coefficient (Wildman–Crippen LogP) is 5.31. The van der Waals surface area contributed by atoms with Gasteiger partial charge in [0, 0.05) is 0 Å². The third-order valence-corrected chi connectivity index (χ3v) is 2.71. The molecule has 0 heterocycles. The van der Waals surface area contributed by atoms with Crippen LogP contribution in [0.3, 0.4) is 0 Å². The van der Waals surface area contributed by atoms with Crippen LogP contribution in [-0.4, -0.2) is 25.5 Å². The molecule has 0 unspecified atom stereocenters. The number of hydrogen-bond acceptors (Lipinski definition) is 1. The highest BCUT2D eigenvalue weighted by molar-refractivity contribution is 4.48. The van der Waals surface area contributed by atoms with E-state index in [1.54, 1.807) is 0 Å². The van der Waals surface area contributed by atoms with Crippen LogP contribution in [0.4, 0.5) is 0 Å². The molecule has 1 nitrogen and oxygen atoms in total. The minimum atomic E-state index is 1.00. The van der Waals surface area contributed by atoms with Gasteiger partial charge in [0.1, 0.15) is 0 Å². The summed E-state index contributed by atoms with van der Waals surface area (Å²) >= 11 is 0. The van der Waals surface area contributed by atoms with Gasteiger partial charge in [0.05, 0.1) is 0 Å². The van der Waals surface area contributed by atoms with Crippen molar-refractivity contribution in [2.24, 2.45) is 0 Å². The molecule has 0 aliphatic heterocycles. The lowest BCUT2D eigenvalue weighted by Crippen LogP contribution is -2.12. The number of nitrogens with zero attached hydrogens (tertiary/aromatic N) is 1. The van der Waals surface area contributed by atoms with Gasteiger partial charge in [-0.1, -0.05) is 78.6 Å². The molecular formula is C16H36N. The predicted molar refractivity (Wildman–Crippen MR) is 81.4 cm³/mol. The van der Waals surface area contributed by atoms with E-state index < -0.39 is 0 Å². The molecule has 0 saturated carbocycles. The van der Waals surface area contributed by atoms with E-state index in [2.05, 4.69) is 32.8 Å². The average molecular weight is 242 g/mol. The molecule has 0 spiro atoms. The highest BCUT2D eigenvalue weighted by atomic mass is 15.0. The maximum Gasteiger partial charge on any atom is -0.00248 e. The molecule has 0 aliphatic rings. The Kier molecular flexibility index (Phi) is 20.8. The number of hydrogen-bond donors (Lipinski definition) is 0. The summed E-state index contributed by atoms with van der Waals surface area (Å²) in [5, 5.41) is 0. The molecule has 0 fully saturated rings. The van der Waals surface area contributed by atoms with Gasteiger partial charge >= 0.3 is 0 Å². The van der Waals surface area contributed by atoms with Gasteiger partial charge in [0.15, 0.2) is 0 Å². The van der Waals surface area contributed by atoms with Crippen LogP contribution < -0.4 is 0 Å². The summed E-state index contributed by atoms with van der Waals surface area (Å²) in [6.45, 7) is 9.04. The Morgan fingerprint density at radius 3 is 1.41 bits per heavy atom. The molecule has 105 valence electrons. The highest BCUT2D eigenvalue weighted by Gasteiger charge is 1.92. The zero-order chi connectivity index (χ0) is 13.4. The van der Waals surface area contributed by atoms with E-state index in [1.165, 1.54) is 64.3 Å². The third kappa shape index (κ3) is 25.9. The van der Waals surface area contributed by atoms with Crippen molar-refractivity contribution in [3.05, 3.63) is 6.92 Å². The molecule has 0 N–H and O–H groups in total. The molecule has 0 aliphatic carbocycles. The van der Waals surface area contributed by atoms with Crippen LogP contribution in [0.1, 0.15) is 78.1 Å². The Balaban J connectivity index is 0. The van der Waals surface area contributed by atoms with E-state index in [9.17, 15) is 0 Å². The number of rotatable bonds is 10. The molecule has 0 rings (SSSR count). The van der Waals surface area contributed by atoms with Crippen LogP contribution in [0, 0.1) is 6.92 Å². The van der Waals surface area contributed by atoms with E-state index >= 15 is 0 Å². The molecular weight excluding hydrogens is 206 g/mol. The molecule has 1 heteroatoms. The smallest absolute Gasteiger partial charge is 0.00248 e. The van der Waals surface area contributed by atoms with Gasteiger partial charge in [0.25, 0.3) is 0 Å². The molecule has 1 radical (unpaired) electrons. The van der Waals surface area contributed by atoms with Crippen molar-refractivity contribution in [2.45, 2.75) is 78.1 Å². The second-order valence-electron chi connectivity index (χ2n) is 5.13. The minimum Gasteiger partial charge on any atom is -0.309 e. The molecule has 0 aromatic heterocycles. The van der Waals surface area contributed by atoms with Crippen molar-refractivity contribution < 1.29 is 0 Å². The Hall–Kier alpha value is -0.0400. The molecule has 0 amide bonds. The quantitative estimate of drug-likeness (QED) is 0.469. The fourth-order valence-electron chi connectivity index (χ4n) is 1.74. The zero-order valence-electron chi connectivity index (χ0n) is 12.9. The van der Waals surface area contributed by atoms with Crippen molar-refractivity contribution >= 4 is 0 Å². The Bertz CT molecular complexity index is 110. The van der Waals surface area contributed by atoms with E-state index in [0.717, 1.165) is 6.42 Å². The largest absolute Gasteiger partial charge is 0.309 e. The van der Waals surface area contributed by atoms with Gasteiger partial charge in [-0.25, -0.2) is 0 Å². The van der Waals surface area contributed by atoms with Crippen LogP contribution in [0.2, 0.25) is 0 Å². The Morgan fingerprint density at radius 1 is 0.706 bits per heavy atom. The van der Waals surface area contributed by atoms with Crippen LogP contribution in [-0.2, 0) is 0 Å². The van der Waals surface area contributed by atoms with Crippen molar-refractivity contribution in [1.29, 1.82) is 0 Å². The first-order valence-electron chi connectivity index (χ1n) is 7.62. The van der Waals surface area contributed by atoms with Crippen LogP contribution in [0.25, 0.3) is 0 Å². The lowest BCUT2D eigenvalue weighted by atomic mass is 10.1. The fraction of sp³-hybridized carbons (Fsp3) is 0.938. The number of unbranched alkanes of at least 4 members (excludes halogenated alkanes) is 8. The van der Waals surface area contributed by atoms with E-state index in [-0.39, 0.29) is 0 Å². The first-order chi connectivity index (χ1) is 8.18. The third-order valence-electron chi connectivity index (χ3n) is 2.71. The van der Waals surface area contributed by atoms with Gasteiger partial charge in [-0.05, 0) is 27.1 Å². The van der Waals surface area contributed by atoms with Crippen molar-refractivity contribution in [2.75, 3.05) is 20.6 Å². The molecule has 0 aromatic carbocycles. The second kappa shape index (κ2) is 18.3. The van der Waals surface area contributed by atoms with Gasteiger partial charge in [-0.2, -0.15) is 0 Å². The molecule has 0 saturated heterocycles. The SMILES string of the molecule is CCCCCCCCCCCN(C)C.[CH2]CC. The summed E-state index contributed by atoms with van der Waals surface area (Å²) in [6, 6.07) is 0. The normalized spacial score (nSPS) is 10.2. The Morgan fingerprint density at radius 2 is 1.06 bits per heavy atom. The molecule has 0 aromatic rings. The van der Waals surface area contributed by atoms with E-state index in [4.69, 9.17) is 0 Å². The van der Waals surface area contributed by atoms with Crippen LogP contribution in [0.15, 0.2) is 0 Å². The maximum absolute atomic E-state index is 3.49. The standard InChI is InChI=1S/C13H29N.C3H7/c1-4-5-6-7-8-9-10-11-12-13-14(2)3;1-3-2/h4-13H2,1-3H3;1,3H2,2H3. The van der Waals surface area contributed by atoms with Crippen LogP contribution >= 0.6 is 0 Å². The average Bonchev–Trinajstić information content (AvgIpc) is 2.27. The highest BCUT2D eigenvalue weighted by Crippen LogP contribution is 2.09. The Labute approximate surface area is 111 Å². The van der Waals surface area contributed by atoms with Gasteiger partial charge in [-0.15, -0.1) is 0 Å². The first kappa shape index (κ1) is 19.3. The molecule has 0 atom stereocenters. The maximum atomic E-state index is 3.49. The topological polar surface area (TPSA) is 3.24 Å². The summed E-state index contributed by atoms with van der Waals surface area (Å²) in [6.07, 6.45) is 13.9. The lowest BCUT2D eigenvalue weighted by molar-refractivity contribution is 0.389. The minimum absolute atomic E-state index is 1.00. The van der Waals surface area contributed by atoms with Crippen LogP contribution in [0.5, 0.6) is 0 Å². The van der Waals surface area contributed by atoms with Crippen molar-refractivity contribution in [1.82, 2.24) is 4.90 Å².